The zero-order chi connectivity index (χ0) is 22.1. The predicted octanol–water partition coefficient (Wildman–Crippen LogP) is 2.95. The number of carbonyl (C=O) groups excluding carboxylic acids is 2. The summed E-state index contributed by atoms with van der Waals surface area (Å²) in [6, 6.07) is 0. The van der Waals surface area contributed by atoms with Gasteiger partial charge in [0.05, 0.1) is 26.2 Å². The second-order valence-electron chi connectivity index (χ2n) is 9.48. The molecule has 0 saturated heterocycles. The number of unbranched alkanes of at least 4 members (excludes halogenated alkanes) is 1. The van der Waals surface area contributed by atoms with Crippen LogP contribution in [0.4, 0.5) is 0 Å². The SMILES string of the molecule is CCCCn1cc[n+](CCCN(CC(=O)OC(C)(C)C)CC(=O)OC(C)(C)C)c1. The second-order valence-corrected chi connectivity index (χ2v) is 9.48. The smallest absolute Gasteiger partial charge is 0.320 e. The number of aromatic nitrogens is 2. The Morgan fingerprint density at radius 2 is 1.52 bits per heavy atom. The number of nitrogens with zero attached hydrogens (tertiary/aromatic N) is 3. The van der Waals surface area contributed by atoms with Gasteiger partial charge in [0.2, 0.25) is 6.33 Å². The molecule has 1 heterocycles. The molecular formula is C22H40N3O4+. The number of hydrogen-bond acceptors (Lipinski definition) is 5. The van der Waals surface area contributed by atoms with Crippen LogP contribution in [-0.2, 0) is 32.2 Å². The second kappa shape index (κ2) is 11.3. The molecule has 0 amide bonds. The first-order valence-corrected chi connectivity index (χ1v) is 10.6. The van der Waals surface area contributed by atoms with Crippen LogP contribution in [0.3, 0.4) is 0 Å². The van der Waals surface area contributed by atoms with Crippen molar-refractivity contribution in [3.05, 3.63) is 18.7 Å². The highest BCUT2D eigenvalue weighted by atomic mass is 16.6. The number of esters is 2. The molecule has 1 rings (SSSR count). The van der Waals surface area contributed by atoms with Crippen molar-refractivity contribution in [1.82, 2.24) is 9.47 Å². The molecule has 0 aliphatic carbocycles. The van der Waals surface area contributed by atoms with Crippen LogP contribution >= 0.6 is 0 Å². The van der Waals surface area contributed by atoms with Crippen LogP contribution in [0.5, 0.6) is 0 Å². The van der Waals surface area contributed by atoms with E-state index in [2.05, 4.69) is 34.8 Å². The van der Waals surface area contributed by atoms with Gasteiger partial charge in [-0.25, -0.2) is 9.13 Å². The van der Waals surface area contributed by atoms with Crippen molar-refractivity contribution in [3.63, 3.8) is 0 Å². The molecule has 7 heteroatoms. The van der Waals surface area contributed by atoms with E-state index in [1.807, 2.05) is 41.5 Å². The maximum atomic E-state index is 12.2. The first kappa shape index (κ1) is 25.1. The summed E-state index contributed by atoms with van der Waals surface area (Å²) in [5.74, 6) is -0.668. The van der Waals surface area contributed by atoms with Gasteiger partial charge in [0.25, 0.3) is 0 Å². The highest BCUT2D eigenvalue weighted by molar-refractivity contribution is 5.75. The Hall–Kier alpha value is -1.89. The van der Waals surface area contributed by atoms with Gasteiger partial charge < -0.3 is 9.47 Å². The fourth-order valence-corrected chi connectivity index (χ4v) is 2.85. The summed E-state index contributed by atoms with van der Waals surface area (Å²) in [6.07, 6.45) is 9.38. The molecule has 166 valence electrons. The van der Waals surface area contributed by atoms with Crippen molar-refractivity contribution in [2.45, 2.75) is 92.0 Å². The van der Waals surface area contributed by atoms with E-state index in [1.54, 1.807) is 4.90 Å². The molecule has 0 spiro atoms. The van der Waals surface area contributed by atoms with Gasteiger partial charge in [-0.3, -0.25) is 14.5 Å². The summed E-state index contributed by atoms with van der Waals surface area (Å²) < 4.78 is 15.1. The summed E-state index contributed by atoms with van der Waals surface area (Å²) in [5, 5.41) is 0. The molecule has 0 aromatic carbocycles. The van der Waals surface area contributed by atoms with E-state index in [-0.39, 0.29) is 25.0 Å². The molecule has 1 aromatic heterocycles. The minimum Gasteiger partial charge on any atom is -0.459 e. The van der Waals surface area contributed by atoms with Crippen molar-refractivity contribution < 1.29 is 23.6 Å². The lowest BCUT2D eigenvalue weighted by molar-refractivity contribution is -0.696. The number of ether oxygens (including phenoxy) is 2. The van der Waals surface area contributed by atoms with Crippen molar-refractivity contribution in [2.24, 2.45) is 0 Å². The summed E-state index contributed by atoms with van der Waals surface area (Å²) in [7, 11) is 0. The van der Waals surface area contributed by atoms with Crippen LogP contribution in [0.1, 0.15) is 67.7 Å². The first-order chi connectivity index (χ1) is 13.4. The third-order valence-electron chi connectivity index (χ3n) is 3.95. The third-order valence-corrected chi connectivity index (χ3v) is 3.95. The lowest BCUT2D eigenvalue weighted by atomic mass is 10.2. The van der Waals surface area contributed by atoms with Gasteiger partial charge in [0, 0.05) is 6.54 Å². The van der Waals surface area contributed by atoms with Crippen molar-refractivity contribution in [2.75, 3.05) is 19.6 Å². The third kappa shape index (κ3) is 12.3. The van der Waals surface area contributed by atoms with E-state index in [1.165, 1.54) is 6.42 Å². The number of hydrogen-bond donors (Lipinski definition) is 0. The van der Waals surface area contributed by atoms with Gasteiger partial charge >= 0.3 is 11.9 Å². The van der Waals surface area contributed by atoms with E-state index in [0.29, 0.717) is 6.54 Å². The Bertz CT molecular complexity index is 611. The first-order valence-electron chi connectivity index (χ1n) is 10.6. The summed E-state index contributed by atoms with van der Waals surface area (Å²) in [5.41, 5.74) is -1.10. The van der Waals surface area contributed by atoms with Crippen LogP contribution in [0, 0.1) is 0 Å². The van der Waals surface area contributed by atoms with Gasteiger partial charge in [-0.2, -0.15) is 0 Å². The molecule has 0 aliphatic rings. The molecule has 7 nitrogen and oxygen atoms in total. The molecule has 1 aromatic rings. The lowest BCUT2D eigenvalue weighted by Crippen LogP contribution is -2.41. The topological polar surface area (TPSA) is 64.6 Å². The monoisotopic (exact) mass is 410 g/mol. The fraction of sp³-hybridized carbons (Fsp3) is 0.773. The number of rotatable bonds is 11. The minimum absolute atomic E-state index is 0.0681. The molecule has 0 saturated carbocycles. The Kier molecular flexibility index (Phi) is 9.83. The van der Waals surface area contributed by atoms with Gasteiger partial charge in [-0.1, -0.05) is 13.3 Å². The van der Waals surface area contributed by atoms with Crippen molar-refractivity contribution >= 4 is 11.9 Å². The van der Waals surface area contributed by atoms with Crippen molar-refractivity contribution in [3.8, 4) is 0 Å². The highest BCUT2D eigenvalue weighted by Crippen LogP contribution is 2.10. The molecule has 0 aliphatic heterocycles. The summed E-state index contributed by atoms with van der Waals surface area (Å²) >= 11 is 0. The van der Waals surface area contributed by atoms with E-state index >= 15 is 0 Å². The Labute approximate surface area is 176 Å². The van der Waals surface area contributed by atoms with Crippen LogP contribution < -0.4 is 4.57 Å². The molecule has 29 heavy (non-hydrogen) atoms. The van der Waals surface area contributed by atoms with Crippen LogP contribution in [-0.4, -0.2) is 52.2 Å². The van der Waals surface area contributed by atoms with E-state index < -0.39 is 11.2 Å². The molecule has 0 unspecified atom stereocenters. The Morgan fingerprint density at radius 1 is 0.966 bits per heavy atom. The maximum Gasteiger partial charge on any atom is 0.320 e. The number of aryl methyl sites for hydroxylation is 2. The highest BCUT2D eigenvalue weighted by Gasteiger charge is 2.23. The molecule has 0 atom stereocenters. The zero-order valence-electron chi connectivity index (χ0n) is 19.4. The van der Waals surface area contributed by atoms with E-state index in [4.69, 9.17) is 9.47 Å². The van der Waals surface area contributed by atoms with Gasteiger partial charge in [0.1, 0.15) is 23.6 Å². The standard InChI is InChI=1S/C22H40N3O4/c1-8-9-11-23-14-15-24(18-23)12-10-13-25(16-19(26)28-21(2,3)4)17-20(27)29-22(5,6)7/h14-15,18H,8-13,16-17H2,1-7H3/q+1. The molecule has 0 bridgehead atoms. The van der Waals surface area contributed by atoms with Crippen LogP contribution in [0.2, 0.25) is 0 Å². The molecule has 0 radical (unpaired) electrons. The minimum atomic E-state index is -0.550. The number of imidazole rings is 1. The average Bonchev–Trinajstić information content (AvgIpc) is 2.96. The van der Waals surface area contributed by atoms with Gasteiger partial charge in [-0.15, -0.1) is 0 Å². The average molecular weight is 411 g/mol. The summed E-state index contributed by atoms with van der Waals surface area (Å²) in [4.78, 5) is 26.3. The van der Waals surface area contributed by atoms with Crippen molar-refractivity contribution in [1.29, 1.82) is 0 Å². The van der Waals surface area contributed by atoms with E-state index in [9.17, 15) is 9.59 Å². The molecule has 0 N–H and O–H groups in total. The van der Waals surface area contributed by atoms with Gasteiger partial charge in [0.15, 0.2) is 0 Å². The molecule has 0 fully saturated rings. The van der Waals surface area contributed by atoms with Gasteiger partial charge in [-0.05, 0) is 54.4 Å². The Balaban J connectivity index is 2.61. The predicted molar refractivity (Wildman–Crippen MR) is 112 cm³/mol. The lowest BCUT2D eigenvalue weighted by Gasteiger charge is -2.26. The largest absolute Gasteiger partial charge is 0.459 e. The number of carbonyl (C=O) groups is 2. The Morgan fingerprint density at radius 3 is 2.00 bits per heavy atom. The quantitative estimate of drug-likeness (QED) is 0.415. The maximum absolute atomic E-state index is 12.2. The fourth-order valence-electron chi connectivity index (χ4n) is 2.85. The van der Waals surface area contributed by atoms with Crippen LogP contribution in [0.15, 0.2) is 18.7 Å². The normalized spacial score (nSPS) is 12.3. The van der Waals surface area contributed by atoms with E-state index in [0.717, 1.165) is 25.9 Å². The molecular weight excluding hydrogens is 370 g/mol. The zero-order valence-corrected chi connectivity index (χ0v) is 19.4. The van der Waals surface area contributed by atoms with Crippen LogP contribution in [0.25, 0.3) is 0 Å². The summed E-state index contributed by atoms with van der Waals surface area (Å²) in [6.45, 7) is 15.8.